The molecule has 1 N–H and O–H groups in total. The Balaban J connectivity index is 2.01. The predicted molar refractivity (Wildman–Crippen MR) is 76.1 cm³/mol. The van der Waals surface area contributed by atoms with Gasteiger partial charge in [0.1, 0.15) is 18.0 Å². The number of rotatable bonds is 6. The minimum Gasteiger partial charge on any atom is -0.367 e. The van der Waals surface area contributed by atoms with Crippen molar-refractivity contribution in [1.29, 1.82) is 0 Å². The van der Waals surface area contributed by atoms with Crippen molar-refractivity contribution in [3.05, 3.63) is 12.4 Å². The molecule has 0 amide bonds. The van der Waals surface area contributed by atoms with Crippen LogP contribution >= 0.6 is 0 Å². The average molecular weight is 248 g/mol. The van der Waals surface area contributed by atoms with Crippen molar-refractivity contribution in [2.75, 3.05) is 23.3 Å². The van der Waals surface area contributed by atoms with Crippen LogP contribution in [0.25, 0.3) is 0 Å². The van der Waals surface area contributed by atoms with Crippen molar-refractivity contribution >= 4 is 11.6 Å². The summed E-state index contributed by atoms with van der Waals surface area (Å²) >= 11 is 0. The molecule has 0 bridgehead atoms. The number of hydrogen-bond donors (Lipinski definition) is 1. The molecule has 1 aliphatic heterocycles. The molecule has 2 heterocycles. The molecule has 1 fully saturated rings. The molecular weight excluding hydrogens is 224 g/mol. The van der Waals surface area contributed by atoms with Gasteiger partial charge in [0.2, 0.25) is 0 Å². The van der Waals surface area contributed by atoms with Gasteiger partial charge in [-0.1, -0.05) is 20.3 Å². The maximum atomic E-state index is 4.38. The van der Waals surface area contributed by atoms with Crippen LogP contribution in [-0.2, 0) is 0 Å². The van der Waals surface area contributed by atoms with Crippen LogP contribution in [-0.4, -0.2) is 29.1 Å². The van der Waals surface area contributed by atoms with Crippen molar-refractivity contribution in [2.24, 2.45) is 0 Å². The van der Waals surface area contributed by atoms with Gasteiger partial charge in [0.15, 0.2) is 0 Å². The molecule has 1 aliphatic rings. The SMILES string of the molecule is CCCC(CC)Nc1cc(N2CCCC2)ncn1. The molecular formula is C14H24N4. The number of anilines is 2. The molecule has 0 saturated carbocycles. The third-order valence-electron chi connectivity index (χ3n) is 3.56. The highest BCUT2D eigenvalue weighted by Crippen LogP contribution is 2.20. The largest absolute Gasteiger partial charge is 0.367 e. The maximum Gasteiger partial charge on any atom is 0.134 e. The summed E-state index contributed by atoms with van der Waals surface area (Å²) in [6.45, 7) is 6.70. The van der Waals surface area contributed by atoms with Crippen molar-refractivity contribution in [2.45, 2.75) is 52.0 Å². The maximum absolute atomic E-state index is 4.38. The third kappa shape index (κ3) is 3.34. The minimum atomic E-state index is 0.524. The number of nitrogens with zero attached hydrogens (tertiary/aromatic N) is 3. The third-order valence-corrected chi connectivity index (χ3v) is 3.56. The van der Waals surface area contributed by atoms with Crippen LogP contribution in [0.3, 0.4) is 0 Å². The van der Waals surface area contributed by atoms with Crippen molar-refractivity contribution in [3.63, 3.8) is 0 Å². The molecule has 1 unspecified atom stereocenters. The van der Waals surface area contributed by atoms with E-state index in [0.717, 1.165) is 31.1 Å². The zero-order valence-electron chi connectivity index (χ0n) is 11.5. The van der Waals surface area contributed by atoms with Crippen LogP contribution < -0.4 is 10.2 Å². The van der Waals surface area contributed by atoms with E-state index in [1.807, 2.05) is 0 Å². The molecule has 4 heteroatoms. The van der Waals surface area contributed by atoms with Gasteiger partial charge in [-0.15, -0.1) is 0 Å². The second kappa shape index (κ2) is 6.57. The van der Waals surface area contributed by atoms with Crippen LogP contribution in [0.1, 0.15) is 46.0 Å². The van der Waals surface area contributed by atoms with Crippen molar-refractivity contribution in [3.8, 4) is 0 Å². The zero-order valence-corrected chi connectivity index (χ0v) is 11.5. The monoisotopic (exact) mass is 248 g/mol. The van der Waals surface area contributed by atoms with Gasteiger partial charge in [-0.3, -0.25) is 0 Å². The second-order valence-corrected chi connectivity index (χ2v) is 4.99. The number of aromatic nitrogens is 2. The summed E-state index contributed by atoms with van der Waals surface area (Å²) in [7, 11) is 0. The molecule has 0 spiro atoms. The van der Waals surface area contributed by atoms with Crippen LogP contribution in [0.5, 0.6) is 0 Å². The van der Waals surface area contributed by atoms with Gasteiger partial charge >= 0.3 is 0 Å². The first-order valence-corrected chi connectivity index (χ1v) is 7.17. The fraction of sp³-hybridized carbons (Fsp3) is 0.714. The zero-order chi connectivity index (χ0) is 12.8. The van der Waals surface area contributed by atoms with Gasteiger partial charge in [0.25, 0.3) is 0 Å². The molecule has 1 aromatic rings. The summed E-state index contributed by atoms with van der Waals surface area (Å²) in [4.78, 5) is 11.0. The molecule has 0 aliphatic carbocycles. The van der Waals surface area contributed by atoms with Crippen LogP contribution in [0.4, 0.5) is 11.6 Å². The standard InChI is InChI=1S/C14H24N4/c1-3-7-12(4-2)17-13-10-14(16-11-15-13)18-8-5-6-9-18/h10-12H,3-9H2,1-2H3,(H,15,16,17). The van der Waals surface area contributed by atoms with Crippen molar-refractivity contribution in [1.82, 2.24) is 9.97 Å². The Bertz CT molecular complexity index is 361. The van der Waals surface area contributed by atoms with E-state index in [1.54, 1.807) is 6.33 Å². The van der Waals surface area contributed by atoms with Crippen molar-refractivity contribution < 1.29 is 0 Å². The number of hydrogen-bond acceptors (Lipinski definition) is 4. The smallest absolute Gasteiger partial charge is 0.134 e. The highest BCUT2D eigenvalue weighted by atomic mass is 15.2. The molecule has 1 atom stereocenters. The highest BCUT2D eigenvalue weighted by molar-refractivity contribution is 5.49. The van der Waals surface area contributed by atoms with Gasteiger partial charge in [0, 0.05) is 25.2 Å². The Morgan fingerprint density at radius 3 is 2.72 bits per heavy atom. The lowest BCUT2D eigenvalue weighted by Crippen LogP contribution is -2.21. The molecule has 1 saturated heterocycles. The summed E-state index contributed by atoms with van der Waals surface area (Å²) in [6, 6.07) is 2.61. The molecule has 0 radical (unpaired) electrons. The van der Waals surface area contributed by atoms with E-state index in [1.165, 1.54) is 25.7 Å². The van der Waals surface area contributed by atoms with E-state index in [9.17, 15) is 0 Å². The lowest BCUT2D eigenvalue weighted by Gasteiger charge is -2.19. The Labute approximate surface area is 110 Å². The van der Waals surface area contributed by atoms with Gasteiger partial charge in [0.05, 0.1) is 0 Å². The van der Waals surface area contributed by atoms with Crippen LogP contribution in [0, 0.1) is 0 Å². The van der Waals surface area contributed by atoms with E-state index in [4.69, 9.17) is 0 Å². The van der Waals surface area contributed by atoms with Gasteiger partial charge in [-0.2, -0.15) is 0 Å². The fourth-order valence-corrected chi connectivity index (χ4v) is 2.48. The highest BCUT2D eigenvalue weighted by Gasteiger charge is 2.14. The average Bonchev–Trinajstić information content (AvgIpc) is 2.92. The molecule has 18 heavy (non-hydrogen) atoms. The summed E-state index contributed by atoms with van der Waals surface area (Å²) in [5.41, 5.74) is 0. The lowest BCUT2D eigenvalue weighted by atomic mass is 10.1. The Morgan fingerprint density at radius 2 is 2.06 bits per heavy atom. The summed E-state index contributed by atoms with van der Waals surface area (Å²) in [5, 5.41) is 3.52. The summed E-state index contributed by atoms with van der Waals surface area (Å²) in [6.07, 6.45) is 7.76. The lowest BCUT2D eigenvalue weighted by molar-refractivity contribution is 0.620. The molecule has 0 aromatic carbocycles. The minimum absolute atomic E-state index is 0.524. The van der Waals surface area contributed by atoms with Gasteiger partial charge < -0.3 is 10.2 Å². The summed E-state index contributed by atoms with van der Waals surface area (Å²) < 4.78 is 0. The Hall–Kier alpha value is -1.32. The summed E-state index contributed by atoms with van der Waals surface area (Å²) in [5.74, 6) is 2.03. The van der Waals surface area contributed by atoms with E-state index >= 15 is 0 Å². The Kier molecular flexibility index (Phi) is 4.79. The number of nitrogens with one attached hydrogen (secondary N) is 1. The molecule has 2 rings (SSSR count). The molecule has 1 aromatic heterocycles. The molecule has 4 nitrogen and oxygen atoms in total. The topological polar surface area (TPSA) is 41.0 Å². The van der Waals surface area contributed by atoms with E-state index in [2.05, 4.69) is 40.1 Å². The first-order chi connectivity index (χ1) is 8.83. The molecule has 100 valence electrons. The second-order valence-electron chi connectivity index (χ2n) is 4.99. The van der Waals surface area contributed by atoms with Gasteiger partial charge in [-0.05, 0) is 25.7 Å². The Morgan fingerprint density at radius 1 is 1.28 bits per heavy atom. The first-order valence-electron chi connectivity index (χ1n) is 7.17. The normalized spacial score (nSPS) is 16.9. The quantitative estimate of drug-likeness (QED) is 0.840. The fourth-order valence-electron chi connectivity index (χ4n) is 2.48. The first kappa shape index (κ1) is 13.1. The van der Waals surface area contributed by atoms with E-state index in [0.29, 0.717) is 6.04 Å². The van der Waals surface area contributed by atoms with E-state index in [-0.39, 0.29) is 0 Å². The van der Waals surface area contributed by atoms with Crippen LogP contribution in [0.2, 0.25) is 0 Å². The predicted octanol–water partition coefficient (Wildman–Crippen LogP) is 3.07. The van der Waals surface area contributed by atoms with E-state index < -0.39 is 0 Å². The van der Waals surface area contributed by atoms with Crippen LogP contribution in [0.15, 0.2) is 12.4 Å². The van der Waals surface area contributed by atoms with Gasteiger partial charge in [-0.25, -0.2) is 9.97 Å².